The van der Waals surface area contributed by atoms with Crippen molar-refractivity contribution in [3.8, 4) is 0 Å². The number of nitrogens with zero attached hydrogens (tertiary/aromatic N) is 2. The van der Waals surface area contributed by atoms with Crippen LogP contribution in [0.25, 0.3) is 10.9 Å². The summed E-state index contributed by atoms with van der Waals surface area (Å²) in [5.41, 5.74) is -1.28. The van der Waals surface area contributed by atoms with E-state index in [-0.39, 0.29) is 10.7 Å². The van der Waals surface area contributed by atoms with Gasteiger partial charge in [-0.25, -0.2) is 4.98 Å². The highest BCUT2D eigenvalue weighted by Gasteiger charge is 2.31. The number of rotatable bonds is 5. The van der Waals surface area contributed by atoms with Crippen LogP contribution in [0.2, 0.25) is 5.02 Å². The molecular weight excluding hydrogens is 439 g/mol. The van der Waals surface area contributed by atoms with Crippen molar-refractivity contribution in [2.24, 2.45) is 0 Å². The second kappa shape index (κ2) is 8.76. The first kappa shape index (κ1) is 22.3. The summed E-state index contributed by atoms with van der Waals surface area (Å²) in [5.74, 6) is -1.80. The van der Waals surface area contributed by atoms with E-state index >= 15 is 0 Å². The predicted molar refractivity (Wildman–Crippen MR) is 107 cm³/mol. The first-order chi connectivity index (χ1) is 14.6. The summed E-state index contributed by atoms with van der Waals surface area (Å²) >= 11 is 5.84. The molecule has 0 spiro atoms. The molecule has 0 saturated carbocycles. The number of carbonyl (C=O) groups excluding carboxylic acids is 2. The molecule has 0 saturated heterocycles. The number of carbonyl (C=O) groups is 2. The van der Waals surface area contributed by atoms with Gasteiger partial charge >= 0.3 is 12.1 Å². The lowest BCUT2D eigenvalue weighted by atomic mass is 10.2. The first-order valence-electron chi connectivity index (χ1n) is 8.87. The minimum atomic E-state index is -4.62. The van der Waals surface area contributed by atoms with E-state index in [9.17, 15) is 27.6 Å². The fourth-order valence-electron chi connectivity index (χ4n) is 2.68. The number of hydrogen-bond acceptors (Lipinski definition) is 5. The van der Waals surface area contributed by atoms with Gasteiger partial charge in [0, 0.05) is 0 Å². The number of alkyl halides is 3. The second-order valence-electron chi connectivity index (χ2n) is 6.51. The van der Waals surface area contributed by atoms with Crippen LogP contribution in [-0.2, 0) is 27.0 Å². The van der Waals surface area contributed by atoms with E-state index < -0.39 is 41.8 Å². The Bertz CT molecular complexity index is 1210. The Morgan fingerprint density at radius 2 is 1.94 bits per heavy atom. The molecule has 7 nitrogen and oxygen atoms in total. The molecule has 0 aliphatic rings. The van der Waals surface area contributed by atoms with Gasteiger partial charge in [0.15, 0.2) is 6.10 Å². The van der Waals surface area contributed by atoms with Gasteiger partial charge in [-0.1, -0.05) is 23.7 Å². The van der Waals surface area contributed by atoms with Crippen molar-refractivity contribution in [1.29, 1.82) is 0 Å². The van der Waals surface area contributed by atoms with Gasteiger partial charge in [-0.3, -0.25) is 19.0 Å². The van der Waals surface area contributed by atoms with E-state index in [0.29, 0.717) is 17.0 Å². The number of nitrogens with one attached hydrogen (secondary N) is 1. The third-order valence-corrected chi connectivity index (χ3v) is 4.59. The van der Waals surface area contributed by atoms with Crippen molar-refractivity contribution in [3.05, 3.63) is 69.7 Å². The lowest BCUT2D eigenvalue weighted by Crippen LogP contribution is -2.33. The van der Waals surface area contributed by atoms with Crippen LogP contribution in [0.1, 0.15) is 12.5 Å². The van der Waals surface area contributed by atoms with Gasteiger partial charge in [0.25, 0.3) is 11.5 Å². The van der Waals surface area contributed by atoms with Crippen LogP contribution >= 0.6 is 11.6 Å². The van der Waals surface area contributed by atoms with E-state index in [0.717, 1.165) is 16.7 Å². The van der Waals surface area contributed by atoms with E-state index in [1.807, 2.05) is 0 Å². The molecule has 3 rings (SSSR count). The van der Waals surface area contributed by atoms with Crippen LogP contribution < -0.4 is 10.9 Å². The number of aromatic nitrogens is 2. The van der Waals surface area contributed by atoms with Crippen molar-refractivity contribution in [2.75, 3.05) is 5.32 Å². The molecule has 2 aromatic carbocycles. The Balaban J connectivity index is 1.67. The van der Waals surface area contributed by atoms with E-state index in [1.165, 1.54) is 13.3 Å². The van der Waals surface area contributed by atoms with Gasteiger partial charge in [0.05, 0.1) is 33.5 Å². The number of para-hydroxylation sites is 1. The molecule has 0 fully saturated rings. The third kappa shape index (κ3) is 5.21. The smallest absolute Gasteiger partial charge is 0.416 e. The van der Waals surface area contributed by atoms with Gasteiger partial charge < -0.3 is 10.1 Å². The summed E-state index contributed by atoms with van der Waals surface area (Å²) in [6.45, 7) is 0.731. The minimum Gasteiger partial charge on any atom is -0.451 e. The largest absolute Gasteiger partial charge is 0.451 e. The lowest BCUT2D eigenvalue weighted by Gasteiger charge is -2.16. The summed E-state index contributed by atoms with van der Waals surface area (Å²) in [6, 6.07) is 9.01. The molecule has 0 radical (unpaired) electrons. The van der Waals surface area contributed by atoms with Crippen LogP contribution in [0, 0.1) is 0 Å². The Labute approximate surface area is 178 Å². The Morgan fingerprint density at radius 1 is 1.23 bits per heavy atom. The van der Waals surface area contributed by atoms with Crippen molar-refractivity contribution in [1.82, 2.24) is 9.55 Å². The molecule has 0 aliphatic heterocycles. The SMILES string of the molecule is C[C@H](OC(=O)Cn1cnc2ccccc2c1=O)C(=O)Nc1cc(C(F)(F)F)ccc1Cl. The van der Waals surface area contributed by atoms with Gasteiger partial charge in [-0.2, -0.15) is 13.2 Å². The standard InChI is InChI=1S/C20H15ClF3N3O4/c1-11(18(29)26-16-8-12(20(22,23)24)6-7-14(16)21)31-17(28)9-27-10-25-15-5-3-2-4-13(15)19(27)30/h2-8,10-11H,9H2,1H3,(H,26,29)/t11-/m0/s1. The number of fused-ring (bicyclic) bond motifs is 1. The lowest BCUT2D eigenvalue weighted by molar-refractivity contribution is -0.153. The highest BCUT2D eigenvalue weighted by molar-refractivity contribution is 6.33. The number of anilines is 1. The van der Waals surface area contributed by atoms with Crippen molar-refractivity contribution < 1.29 is 27.5 Å². The quantitative estimate of drug-likeness (QED) is 0.596. The Hall–Kier alpha value is -3.40. The predicted octanol–water partition coefficient (Wildman–Crippen LogP) is 3.64. The number of esters is 1. The maximum absolute atomic E-state index is 12.8. The number of benzene rings is 2. The topological polar surface area (TPSA) is 90.3 Å². The first-order valence-corrected chi connectivity index (χ1v) is 9.25. The zero-order chi connectivity index (χ0) is 22.8. The van der Waals surface area contributed by atoms with Crippen LogP contribution in [0.5, 0.6) is 0 Å². The second-order valence-corrected chi connectivity index (χ2v) is 6.92. The highest BCUT2D eigenvalue weighted by Crippen LogP contribution is 2.33. The maximum Gasteiger partial charge on any atom is 0.416 e. The molecule has 0 aliphatic carbocycles. The summed E-state index contributed by atoms with van der Waals surface area (Å²) in [6.07, 6.45) is -4.80. The normalized spacial score (nSPS) is 12.4. The molecule has 162 valence electrons. The van der Waals surface area contributed by atoms with E-state index in [2.05, 4.69) is 10.3 Å². The van der Waals surface area contributed by atoms with Crippen LogP contribution in [0.3, 0.4) is 0 Å². The zero-order valence-corrected chi connectivity index (χ0v) is 16.7. The molecule has 0 bridgehead atoms. The summed E-state index contributed by atoms with van der Waals surface area (Å²) in [5, 5.41) is 2.39. The summed E-state index contributed by atoms with van der Waals surface area (Å²) in [7, 11) is 0. The molecule has 11 heteroatoms. The average Bonchev–Trinajstić information content (AvgIpc) is 2.71. The number of halogens is 4. The van der Waals surface area contributed by atoms with Crippen molar-refractivity contribution in [3.63, 3.8) is 0 Å². The number of amides is 1. The molecule has 1 N–H and O–H groups in total. The Kier molecular flexibility index (Phi) is 6.30. The van der Waals surface area contributed by atoms with Crippen LogP contribution in [-0.4, -0.2) is 27.5 Å². The van der Waals surface area contributed by atoms with Gasteiger partial charge in [-0.05, 0) is 37.3 Å². The molecule has 1 amide bonds. The monoisotopic (exact) mass is 453 g/mol. The molecule has 1 atom stereocenters. The molecule has 0 unspecified atom stereocenters. The van der Waals surface area contributed by atoms with Crippen molar-refractivity contribution in [2.45, 2.75) is 25.7 Å². The van der Waals surface area contributed by atoms with Crippen molar-refractivity contribution >= 4 is 40.1 Å². The fraction of sp³-hybridized carbons (Fsp3) is 0.200. The van der Waals surface area contributed by atoms with Crippen LogP contribution in [0.4, 0.5) is 18.9 Å². The fourth-order valence-corrected chi connectivity index (χ4v) is 2.84. The summed E-state index contributed by atoms with van der Waals surface area (Å²) in [4.78, 5) is 40.9. The summed E-state index contributed by atoms with van der Waals surface area (Å²) < 4.78 is 44.6. The third-order valence-electron chi connectivity index (χ3n) is 4.26. The number of ether oxygens (including phenoxy) is 1. The minimum absolute atomic E-state index is 0.117. The Morgan fingerprint density at radius 3 is 2.65 bits per heavy atom. The van der Waals surface area contributed by atoms with Gasteiger partial charge in [0.1, 0.15) is 6.54 Å². The average molecular weight is 454 g/mol. The van der Waals surface area contributed by atoms with Gasteiger partial charge in [0.2, 0.25) is 0 Å². The maximum atomic E-state index is 12.8. The molecular formula is C20H15ClF3N3O4. The molecule has 1 aromatic heterocycles. The molecule has 31 heavy (non-hydrogen) atoms. The van der Waals surface area contributed by atoms with E-state index in [4.69, 9.17) is 16.3 Å². The van der Waals surface area contributed by atoms with Crippen LogP contribution in [0.15, 0.2) is 53.6 Å². The zero-order valence-electron chi connectivity index (χ0n) is 15.9. The molecule has 3 aromatic rings. The van der Waals surface area contributed by atoms with Gasteiger partial charge in [-0.15, -0.1) is 0 Å². The van der Waals surface area contributed by atoms with E-state index in [1.54, 1.807) is 24.3 Å². The highest BCUT2D eigenvalue weighted by atomic mass is 35.5. The number of hydrogen-bond donors (Lipinski definition) is 1. The molecule has 1 heterocycles.